The van der Waals surface area contributed by atoms with Crippen LogP contribution in [-0.2, 0) is 4.74 Å². The quantitative estimate of drug-likeness (QED) is 0.721. The van der Waals surface area contributed by atoms with Crippen molar-refractivity contribution in [2.75, 3.05) is 32.8 Å². The van der Waals surface area contributed by atoms with Gasteiger partial charge in [-0.25, -0.2) is 0 Å². The molecule has 2 atom stereocenters. The molecule has 2 N–H and O–H groups in total. The van der Waals surface area contributed by atoms with E-state index in [1.807, 2.05) is 0 Å². The molecule has 1 rings (SSSR count). The minimum absolute atomic E-state index is 0.149. The summed E-state index contributed by atoms with van der Waals surface area (Å²) in [4.78, 5) is 2.39. The zero-order valence-electron chi connectivity index (χ0n) is 12.4. The Balaban J connectivity index is 2.44. The standard InChI is InChI=1S/C14H30N2O2/c1-5-16(6-2)8-7-15-14(11-17)9-12(3)18-13(4)10-14/h12-13,15,17H,5-11H2,1-4H3. The lowest BCUT2D eigenvalue weighted by atomic mass is 9.85. The van der Waals surface area contributed by atoms with Crippen LogP contribution in [0.4, 0.5) is 0 Å². The Morgan fingerprint density at radius 2 is 1.78 bits per heavy atom. The van der Waals surface area contributed by atoms with Gasteiger partial charge in [0, 0.05) is 18.6 Å². The Bertz CT molecular complexity index is 222. The first-order valence-electron chi connectivity index (χ1n) is 7.29. The summed E-state index contributed by atoms with van der Waals surface area (Å²) in [7, 11) is 0. The van der Waals surface area contributed by atoms with Gasteiger partial charge in [-0.3, -0.25) is 0 Å². The molecule has 108 valence electrons. The Morgan fingerprint density at radius 3 is 2.22 bits per heavy atom. The highest BCUT2D eigenvalue weighted by molar-refractivity contribution is 4.94. The van der Waals surface area contributed by atoms with Crippen LogP contribution in [-0.4, -0.2) is 60.5 Å². The van der Waals surface area contributed by atoms with Crippen LogP contribution in [0.3, 0.4) is 0 Å². The van der Waals surface area contributed by atoms with Crippen molar-refractivity contribution in [3.63, 3.8) is 0 Å². The summed E-state index contributed by atoms with van der Waals surface area (Å²) in [6.45, 7) is 12.9. The lowest BCUT2D eigenvalue weighted by molar-refractivity contribution is -0.0813. The first kappa shape index (κ1) is 15.9. The van der Waals surface area contributed by atoms with Crippen molar-refractivity contribution >= 4 is 0 Å². The highest BCUT2D eigenvalue weighted by Crippen LogP contribution is 2.28. The van der Waals surface area contributed by atoms with E-state index in [2.05, 4.69) is 37.9 Å². The Hall–Kier alpha value is -0.160. The smallest absolute Gasteiger partial charge is 0.0615 e. The summed E-state index contributed by atoms with van der Waals surface area (Å²) in [5.74, 6) is 0. The molecule has 4 heteroatoms. The fraction of sp³-hybridized carbons (Fsp3) is 1.00. The third-order valence-corrected chi connectivity index (χ3v) is 3.95. The lowest BCUT2D eigenvalue weighted by Gasteiger charge is -2.43. The third-order valence-electron chi connectivity index (χ3n) is 3.95. The first-order valence-corrected chi connectivity index (χ1v) is 7.29. The molecular formula is C14H30N2O2. The minimum Gasteiger partial charge on any atom is -0.394 e. The molecule has 0 aromatic heterocycles. The molecule has 1 aliphatic rings. The van der Waals surface area contributed by atoms with Crippen molar-refractivity contribution in [3.05, 3.63) is 0 Å². The van der Waals surface area contributed by atoms with Crippen molar-refractivity contribution in [3.8, 4) is 0 Å². The average molecular weight is 258 g/mol. The average Bonchev–Trinajstić information content (AvgIpc) is 2.33. The van der Waals surface area contributed by atoms with Gasteiger partial charge in [-0.2, -0.15) is 0 Å². The van der Waals surface area contributed by atoms with E-state index in [-0.39, 0.29) is 24.4 Å². The summed E-state index contributed by atoms with van der Waals surface area (Å²) in [6, 6.07) is 0. The number of hydrogen-bond acceptors (Lipinski definition) is 4. The minimum atomic E-state index is -0.149. The number of nitrogens with one attached hydrogen (secondary N) is 1. The van der Waals surface area contributed by atoms with Gasteiger partial charge < -0.3 is 20.1 Å². The van der Waals surface area contributed by atoms with Crippen LogP contribution in [0.2, 0.25) is 0 Å². The van der Waals surface area contributed by atoms with Gasteiger partial charge in [0.2, 0.25) is 0 Å². The second-order valence-electron chi connectivity index (χ2n) is 5.56. The van der Waals surface area contributed by atoms with E-state index >= 15 is 0 Å². The largest absolute Gasteiger partial charge is 0.394 e. The number of hydrogen-bond donors (Lipinski definition) is 2. The maximum absolute atomic E-state index is 9.73. The van der Waals surface area contributed by atoms with E-state index < -0.39 is 0 Å². The normalized spacial score (nSPS) is 33.0. The zero-order valence-corrected chi connectivity index (χ0v) is 12.4. The molecule has 0 amide bonds. The molecule has 0 saturated carbocycles. The number of likely N-dealkylation sites (N-methyl/N-ethyl adjacent to an activating group) is 1. The van der Waals surface area contributed by atoms with E-state index in [9.17, 15) is 5.11 Å². The van der Waals surface area contributed by atoms with Gasteiger partial charge in [0.05, 0.1) is 18.8 Å². The van der Waals surface area contributed by atoms with Crippen LogP contribution < -0.4 is 5.32 Å². The van der Waals surface area contributed by atoms with Gasteiger partial charge in [0.25, 0.3) is 0 Å². The summed E-state index contributed by atoms with van der Waals surface area (Å²) >= 11 is 0. The molecule has 4 nitrogen and oxygen atoms in total. The molecule has 0 bridgehead atoms. The van der Waals surface area contributed by atoms with Crippen LogP contribution in [0.5, 0.6) is 0 Å². The van der Waals surface area contributed by atoms with Gasteiger partial charge in [-0.1, -0.05) is 13.8 Å². The molecule has 1 heterocycles. The fourth-order valence-electron chi connectivity index (χ4n) is 3.02. The van der Waals surface area contributed by atoms with E-state index in [1.54, 1.807) is 0 Å². The fourth-order valence-corrected chi connectivity index (χ4v) is 3.02. The second-order valence-corrected chi connectivity index (χ2v) is 5.56. The maximum atomic E-state index is 9.73. The van der Waals surface area contributed by atoms with E-state index in [0.717, 1.165) is 39.0 Å². The molecular weight excluding hydrogens is 228 g/mol. The Kier molecular flexibility index (Phi) is 6.57. The predicted octanol–water partition coefficient (Wildman–Crippen LogP) is 1.24. The summed E-state index contributed by atoms with van der Waals surface area (Å²) < 4.78 is 5.75. The van der Waals surface area contributed by atoms with Crippen LogP contribution in [0.1, 0.15) is 40.5 Å². The number of rotatable bonds is 7. The molecule has 1 saturated heterocycles. The second kappa shape index (κ2) is 7.43. The summed E-state index contributed by atoms with van der Waals surface area (Å²) in [6.07, 6.45) is 2.24. The van der Waals surface area contributed by atoms with Crippen molar-refractivity contribution in [1.82, 2.24) is 10.2 Å². The Labute approximate surface area is 112 Å². The van der Waals surface area contributed by atoms with Crippen molar-refractivity contribution < 1.29 is 9.84 Å². The summed E-state index contributed by atoms with van der Waals surface area (Å²) in [5, 5.41) is 13.3. The number of ether oxygens (including phenoxy) is 1. The molecule has 0 spiro atoms. The molecule has 0 aromatic carbocycles. The monoisotopic (exact) mass is 258 g/mol. The highest BCUT2D eigenvalue weighted by Gasteiger charge is 2.37. The van der Waals surface area contributed by atoms with Crippen LogP contribution in [0, 0.1) is 0 Å². The van der Waals surface area contributed by atoms with Crippen LogP contribution in [0.15, 0.2) is 0 Å². The van der Waals surface area contributed by atoms with Crippen molar-refractivity contribution in [2.24, 2.45) is 0 Å². The Morgan fingerprint density at radius 1 is 1.22 bits per heavy atom. The van der Waals surface area contributed by atoms with Crippen molar-refractivity contribution in [2.45, 2.75) is 58.3 Å². The van der Waals surface area contributed by atoms with Gasteiger partial charge in [-0.15, -0.1) is 0 Å². The molecule has 0 aliphatic carbocycles. The SMILES string of the molecule is CCN(CC)CCNC1(CO)CC(C)OC(C)C1. The van der Waals surface area contributed by atoms with Crippen LogP contribution in [0.25, 0.3) is 0 Å². The summed E-state index contributed by atoms with van der Waals surface area (Å²) in [5.41, 5.74) is -0.149. The predicted molar refractivity (Wildman–Crippen MR) is 74.9 cm³/mol. The van der Waals surface area contributed by atoms with Gasteiger partial charge in [0.1, 0.15) is 0 Å². The van der Waals surface area contributed by atoms with Crippen molar-refractivity contribution in [1.29, 1.82) is 0 Å². The molecule has 18 heavy (non-hydrogen) atoms. The lowest BCUT2D eigenvalue weighted by Crippen LogP contribution is -2.57. The maximum Gasteiger partial charge on any atom is 0.0615 e. The molecule has 0 aromatic rings. The zero-order chi connectivity index (χ0) is 13.6. The highest BCUT2D eigenvalue weighted by atomic mass is 16.5. The number of nitrogens with zero attached hydrogens (tertiary/aromatic N) is 1. The first-order chi connectivity index (χ1) is 8.55. The molecule has 2 unspecified atom stereocenters. The molecule has 1 fully saturated rings. The topological polar surface area (TPSA) is 44.7 Å². The van der Waals surface area contributed by atoms with E-state index in [1.165, 1.54) is 0 Å². The van der Waals surface area contributed by atoms with Gasteiger partial charge in [0.15, 0.2) is 0 Å². The number of aliphatic hydroxyl groups excluding tert-OH is 1. The molecule has 1 aliphatic heterocycles. The van der Waals surface area contributed by atoms with Gasteiger partial charge >= 0.3 is 0 Å². The molecule has 0 radical (unpaired) electrons. The van der Waals surface area contributed by atoms with Gasteiger partial charge in [-0.05, 0) is 39.8 Å². The van der Waals surface area contributed by atoms with E-state index in [4.69, 9.17) is 4.74 Å². The van der Waals surface area contributed by atoms with Crippen LogP contribution >= 0.6 is 0 Å². The van der Waals surface area contributed by atoms with E-state index in [0.29, 0.717) is 0 Å². The third kappa shape index (κ3) is 4.50. The number of aliphatic hydroxyl groups is 1.